The Morgan fingerprint density at radius 1 is 1.08 bits per heavy atom. The number of carbonyl (C=O) groups excluding carboxylic acids is 1. The summed E-state index contributed by atoms with van der Waals surface area (Å²) in [5, 5.41) is 1.44. The van der Waals surface area contributed by atoms with E-state index in [0.717, 1.165) is 24.6 Å². The smallest absolute Gasteiger partial charge is 0.340 e. The van der Waals surface area contributed by atoms with Crippen LogP contribution >= 0.6 is 23.2 Å². The molecule has 4 nitrogen and oxygen atoms in total. The molecule has 0 radical (unpaired) electrons. The van der Waals surface area contributed by atoms with Crippen LogP contribution in [0.15, 0.2) is 45.6 Å². The molecule has 0 atom stereocenters. The van der Waals surface area contributed by atoms with Crippen LogP contribution in [0.1, 0.15) is 33.5 Å². The van der Waals surface area contributed by atoms with Gasteiger partial charge in [0.25, 0.3) is 0 Å². The molecule has 132 valence electrons. The van der Waals surface area contributed by atoms with E-state index in [0.29, 0.717) is 16.2 Å². The number of benzene rings is 2. The van der Waals surface area contributed by atoms with Crippen LogP contribution in [0.2, 0.25) is 10.0 Å². The standard InChI is InChI=1S/C20H14Cl2O4/c21-14-4-5-17(22)16(9-14)20(24)25-10-13-8-19(23)26-18-7-12-3-1-2-11(12)6-15(13)18/h4-9H,1-3,10H2. The number of ether oxygens (including phenoxy) is 1. The largest absolute Gasteiger partial charge is 0.457 e. The van der Waals surface area contributed by atoms with E-state index in [9.17, 15) is 9.59 Å². The van der Waals surface area contributed by atoms with E-state index in [2.05, 4.69) is 0 Å². The second-order valence-electron chi connectivity index (χ2n) is 6.26. The Bertz CT molecular complexity index is 1090. The van der Waals surface area contributed by atoms with Crippen LogP contribution in [0.3, 0.4) is 0 Å². The molecule has 0 aliphatic heterocycles. The van der Waals surface area contributed by atoms with Gasteiger partial charge in [-0.2, -0.15) is 0 Å². The highest BCUT2D eigenvalue weighted by atomic mass is 35.5. The second kappa shape index (κ2) is 6.78. The fourth-order valence-corrected chi connectivity index (χ4v) is 3.66. The van der Waals surface area contributed by atoms with Gasteiger partial charge < -0.3 is 9.15 Å². The number of hydrogen-bond acceptors (Lipinski definition) is 4. The topological polar surface area (TPSA) is 56.5 Å². The van der Waals surface area contributed by atoms with E-state index < -0.39 is 11.6 Å². The lowest BCUT2D eigenvalue weighted by atomic mass is 10.0. The summed E-state index contributed by atoms with van der Waals surface area (Å²) in [5.74, 6) is -0.597. The maximum absolute atomic E-state index is 12.3. The highest BCUT2D eigenvalue weighted by molar-refractivity contribution is 6.35. The van der Waals surface area contributed by atoms with Crippen molar-refractivity contribution in [1.29, 1.82) is 0 Å². The monoisotopic (exact) mass is 388 g/mol. The van der Waals surface area contributed by atoms with Gasteiger partial charge >= 0.3 is 11.6 Å². The van der Waals surface area contributed by atoms with Crippen molar-refractivity contribution in [3.05, 3.63) is 79.1 Å². The van der Waals surface area contributed by atoms with Crippen LogP contribution in [0.25, 0.3) is 11.0 Å². The fraction of sp³-hybridized carbons (Fsp3) is 0.200. The molecule has 0 bridgehead atoms. The molecular weight excluding hydrogens is 375 g/mol. The summed E-state index contributed by atoms with van der Waals surface area (Å²) in [6, 6.07) is 9.88. The van der Waals surface area contributed by atoms with Crippen LogP contribution in [-0.4, -0.2) is 5.97 Å². The lowest BCUT2D eigenvalue weighted by Crippen LogP contribution is -2.08. The molecule has 0 saturated heterocycles. The SMILES string of the molecule is O=C(OCc1cc(=O)oc2cc3c(cc12)CCC3)c1cc(Cl)ccc1Cl. The van der Waals surface area contributed by atoms with Gasteiger partial charge in [-0.25, -0.2) is 9.59 Å². The molecule has 6 heteroatoms. The Balaban J connectivity index is 1.66. The molecule has 2 aromatic carbocycles. The van der Waals surface area contributed by atoms with Gasteiger partial charge in [-0.1, -0.05) is 23.2 Å². The highest BCUT2D eigenvalue weighted by Crippen LogP contribution is 2.29. The van der Waals surface area contributed by atoms with Crippen molar-refractivity contribution < 1.29 is 13.9 Å². The Labute approximate surface area is 159 Å². The van der Waals surface area contributed by atoms with E-state index >= 15 is 0 Å². The van der Waals surface area contributed by atoms with Crippen LogP contribution < -0.4 is 5.63 Å². The lowest BCUT2D eigenvalue weighted by Gasteiger charge is -2.10. The lowest BCUT2D eigenvalue weighted by molar-refractivity contribution is 0.0474. The van der Waals surface area contributed by atoms with E-state index in [1.54, 1.807) is 6.07 Å². The van der Waals surface area contributed by atoms with Crippen LogP contribution in [0, 0.1) is 0 Å². The first-order chi connectivity index (χ1) is 12.5. The fourth-order valence-electron chi connectivity index (χ4n) is 3.29. The summed E-state index contributed by atoms with van der Waals surface area (Å²) in [5.41, 5.74) is 3.30. The first kappa shape index (κ1) is 17.1. The van der Waals surface area contributed by atoms with Gasteiger partial charge in [0.15, 0.2) is 0 Å². The van der Waals surface area contributed by atoms with Gasteiger partial charge in [0.05, 0.1) is 10.6 Å². The van der Waals surface area contributed by atoms with Gasteiger partial charge in [-0.05, 0) is 60.7 Å². The molecule has 0 amide bonds. The zero-order valence-electron chi connectivity index (χ0n) is 13.7. The minimum atomic E-state index is -0.597. The molecule has 1 aliphatic carbocycles. The Morgan fingerprint density at radius 3 is 2.65 bits per heavy atom. The summed E-state index contributed by atoms with van der Waals surface area (Å²) in [4.78, 5) is 24.2. The Hall–Kier alpha value is -2.30. The molecule has 4 rings (SSSR count). The predicted molar refractivity (Wildman–Crippen MR) is 100 cm³/mol. The molecule has 0 spiro atoms. The number of hydrogen-bond donors (Lipinski definition) is 0. The van der Waals surface area contributed by atoms with Gasteiger partial charge in [0.2, 0.25) is 0 Å². The van der Waals surface area contributed by atoms with Crippen molar-refractivity contribution >= 4 is 40.1 Å². The number of fused-ring (bicyclic) bond motifs is 2. The normalized spacial score (nSPS) is 13.0. The molecular formula is C20H14Cl2O4. The van der Waals surface area contributed by atoms with Crippen molar-refractivity contribution in [3.63, 3.8) is 0 Å². The second-order valence-corrected chi connectivity index (χ2v) is 7.11. The van der Waals surface area contributed by atoms with Crippen LogP contribution in [0.4, 0.5) is 0 Å². The van der Waals surface area contributed by atoms with Crippen molar-refractivity contribution in [2.75, 3.05) is 0 Å². The average molecular weight is 389 g/mol. The van der Waals surface area contributed by atoms with Crippen molar-refractivity contribution in [2.45, 2.75) is 25.9 Å². The highest BCUT2D eigenvalue weighted by Gasteiger charge is 2.17. The minimum Gasteiger partial charge on any atom is -0.457 e. The maximum Gasteiger partial charge on any atom is 0.340 e. The first-order valence-electron chi connectivity index (χ1n) is 8.22. The average Bonchev–Trinajstić information content (AvgIpc) is 3.07. The molecule has 26 heavy (non-hydrogen) atoms. The summed E-state index contributed by atoms with van der Waals surface area (Å²) >= 11 is 11.9. The van der Waals surface area contributed by atoms with E-state index in [1.807, 2.05) is 12.1 Å². The summed E-state index contributed by atoms with van der Waals surface area (Å²) in [6.45, 7) is -0.0530. The Morgan fingerprint density at radius 2 is 1.85 bits per heavy atom. The third kappa shape index (κ3) is 3.22. The third-order valence-electron chi connectivity index (χ3n) is 4.55. The molecule has 0 N–H and O–H groups in total. The Kier molecular flexibility index (Phi) is 4.47. The summed E-state index contributed by atoms with van der Waals surface area (Å²) in [6.07, 6.45) is 3.08. The number of halogens is 2. The van der Waals surface area contributed by atoms with Crippen LogP contribution in [-0.2, 0) is 24.2 Å². The van der Waals surface area contributed by atoms with Gasteiger partial charge in [-0.15, -0.1) is 0 Å². The summed E-state index contributed by atoms with van der Waals surface area (Å²) < 4.78 is 10.7. The van der Waals surface area contributed by atoms with Crippen molar-refractivity contribution in [3.8, 4) is 0 Å². The zero-order valence-corrected chi connectivity index (χ0v) is 15.2. The van der Waals surface area contributed by atoms with Gasteiger partial charge in [0, 0.05) is 22.0 Å². The molecule has 0 unspecified atom stereocenters. The van der Waals surface area contributed by atoms with Crippen molar-refractivity contribution in [2.24, 2.45) is 0 Å². The van der Waals surface area contributed by atoms with E-state index in [1.165, 1.54) is 29.3 Å². The molecule has 1 aromatic heterocycles. The van der Waals surface area contributed by atoms with Gasteiger partial charge in [-0.3, -0.25) is 0 Å². The molecule has 3 aromatic rings. The molecule has 0 fully saturated rings. The molecule has 1 aliphatic rings. The van der Waals surface area contributed by atoms with Gasteiger partial charge in [0.1, 0.15) is 12.2 Å². The van der Waals surface area contributed by atoms with Crippen LogP contribution in [0.5, 0.6) is 0 Å². The molecule has 1 heterocycles. The first-order valence-corrected chi connectivity index (χ1v) is 8.97. The predicted octanol–water partition coefficient (Wildman–Crippen LogP) is 4.95. The molecule has 0 saturated carbocycles. The quantitative estimate of drug-likeness (QED) is 0.470. The third-order valence-corrected chi connectivity index (χ3v) is 5.11. The number of aryl methyl sites for hydroxylation is 2. The van der Waals surface area contributed by atoms with E-state index in [-0.39, 0.29) is 17.2 Å². The minimum absolute atomic E-state index is 0.0530. The summed E-state index contributed by atoms with van der Waals surface area (Å²) in [7, 11) is 0. The number of rotatable bonds is 3. The number of esters is 1. The maximum atomic E-state index is 12.3. The zero-order chi connectivity index (χ0) is 18.3. The number of carbonyl (C=O) groups is 1. The van der Waals surface area contributed by atoms with Crippen molar-refractivity contribution in [1.82, 2.24) is 0 Å². The van der Waals surface area contributed by atoms with E-state index in [4.69, 9.17) is 32.4 Å².